The Hall–Kier alpha value is -2.04. The largest absolute Gasteiger partial charge is 0.469 e. The van der Waals surface area contributed by atoms with E-state index in [1.807, 2.05) is 45.9 Å². The van der Waals surface area contributed by atoms with Gasteiger partial charge in [0.1, 0.15) is 0 Å². The van der Waals surface area contributed by atoms with Crippen LogP contribution in [0.3, 0.4) is 0 Å². The lowest BCUT2D eigenvalue weighted by Crippen LogP contribution is -2.40. The van der Waals surface area contributed by atoms with E-state index in [0.29, 0.717) is 24.9 Å². The zero-order valence-corrected chi connectivity index (χ0v) is 14.1. The Balaban J connectivity index is 2.74. The number of amides is 1. The summed E-state index contributed by atoms with van der Waals surface area (Å²) in [6, 6.07) is 5.71. The predicted molar refractivity (Wildman–Crippen MR) is 88.1 cm³/mol. The first-order valence-electron chi connectivity index (χ1n) is 7.47. The van der Waals surface area contributed by atoms with E-state index in [-0.39, 0.29) is 17.4 Å². The predicted octanol–water partition coefficient (Wildman–Crippen LogP) is 2.89. The third-order valence-corrected chi connectivity index (χ3v) is 3.01. The second-order valence-corrected chi connectivity index (χ2v) is 6.36. The summed E-state index contributed by atoms with van der Waals surface area (Å²) in [5, 5.41) is 6.19. The lowest BCUT2D eigenvalue weighted by molar-refractivity contribution is -0.140. The van der Waals surface area contributed by atoms with Gasteiger partial charge in [-0.15, -0.1) is 0 Å². The maximum atomic E-state index is 12.4. The molecule has 0 radical (unpaired) electrons. The van der Waals surface area contributed by atoms with Crippen LogP contribution in [0.15, 0.2) is 18.2 Å². The van der Waals surface area contributed by atoms with Gasteiger partial charge in [0, 0.05) is 24.2 Å². The number of nitrogens with one attached hydrogen (secondary N) is 2. The highest BCUT2D eigenvalue weighted by Crippen LogP contribution is 2.18. The first kappa shape index (κ1) is 18.0. The molecule has 0 unspecified atom stereocenters. The van der Waals surface area contributed by atoms with Gasteiger partial charge < -0.3 is 15.4 Å². The first-order chi connectivity index (χ1) is 10.2. The Morgan fingerprint density at radius 2 is 1.91 bits per heavy atom. The fraction of sp³-hybridized carbons (Fsp3) is 0.529. The number of rotatable bonds is 6. The molecule has 0 aliphatic rings. The minimum atomic E-state index is -0.289. The maximum absolute atomic E-state index is 12.4. The highest BCUT2D eigenvalue weighted by atomic mass is 16.5. The molecule has 0 aromatic heterocycles. The molecule has 1 aromatic carbocycles. The second kappa shape index (κ2) is 7.82. The van der Waals surface area contributed by atoms with Crippen LogP contribution >= 0.6 is 0 Å². The average Bonchev–Trinajstić information content (AvgIpc) is 2.42. The van der Waals surface area contributed by atoms with Crippen LogP contribution in [0.25, 0.3) is 0 Å². The highest BCUT2D eigenvalue weighted by Gasteiger charge is 2.18. The topological polar surface area (TPSA) is 67.4 Å². The van der Waals surface area contributed by atoms with Crippen molar-refractivity contribution in [2.24, 2.45) is 0 Å². The normalized spacial score (nSPS) is 11.0. The number of hydrogen-bond donors (Lipinski definition) is 2. The fourth-order valence-electron chi connectivity index (χ4n) is 1.97. The van der Waals surface area contributed by atoms with Crippen LogP contribution in [0.5, 0.6) is 0 Å². The zero-order chi connectivity index (χ0) is 16.8. The molecule has 0 heterocycles. The van der Waals surface area contributed by atoms with Crippen molar-refractivity contribution in [3.8, 4) is 0 Å². The number of aryl methyl sites for hydroxylation is 1. The molecule has 5 nitrogen and oxygen atoms in total. The van der Waals surface area contributed by atoms with Gasteiger partial charge in [-0.1, -0.05) is 11.6 Å². The number of esters is 1. The van der Waals surface area contributed by atoms with E-state index in [1.165, 1.54) is 7.11 Å². The van der Waals surface area contributed by atoms with Crippen molar-refractivity contribution in [2.75, 3.05) is 19.0 Å². The van der Waals surface area contributed by atoms with Gasteiger partial charge in [-0.3, -0.25) is 9.59 Å². The molecule has 0 fully saturated rings. The lowest BCUT2D eigenvalue weighted by atomic mass is 10.0. The van der Waals surface area contributed by atoms with Gasteiger partial charge in [0.05, 0.1) is 12.7 Å². The van der Waals surface area contributed by atoms with Crippen molar-refractivity contribution < 1.29 is 14.3 Å². The number of carbonyl (C=O) groups excluding carboxylic acids is 2. The van der Waals surface area contributed by atoms with E-state index in [9.17, 15) is 9.59 Å². The lowest BCUT2D eigenvalue weighted by Gasteiger charge is -2.22. The van der Waals surface area contributed by atoms with Gasteiger partial charge in [0.15, 0.2) is 0 Å². The summed E-state index contributed by atoms with van der Waals surface area (Å²) in [5.41, 5.74) is 2.13. The molecular weight excluding hydrogens is 280 g/mol. The molecule has 122 valence electrons. The van der Waals surface area contributed by atoms with E-state index in [2.05, 4.69) is 15.4 Å². The van der Waals surface area contributed by atoms with Crippen molar-refractivity contribution in [3.63, 3.8) is 0 Å². The summed E-state index contributed by atoms with van der Waals surface area (Å²) in [4.78, 5) is 23.5. The molecule has 2 N–H and O–H groups in total. The molecule has 1 aromatic rings. The van der Waals surface area contributed by atoms with Gasteiger partial charge in [0.2, 0.25) is 0 Å². The third-order valence-electron chi connectivity index (χ3n) is 3.01. The Kier molecular flexibility index (Phi) is 6.40. The molecule has 1 amide bonds. The SMILES string of the molecule is COC(=O)CCCNc1ccc(C)cc1C(=O)NC(C)(C)C. The van der Waals surface area contributed by atoms with Gasteiger partial charge in [-0.2, -0.15) is 0 Å². The smallest absolute Gasteiger partial charge is 0.305 e. The Bertz CT molecular complexity index is 533. The standard InChI is InChI=1S/C17H26N2O3/c1-12-8-9-14(18-10-6-7-15(20)22-5)13(11-12)16(21)19-17(2,3)4/h8-9,11,18H,6-7,10H2,1-5H3,(H,19,21). The van der Waals surface area contributed by atoms with E-state index in [0.717, 1.165) is 11.3 Å². The molecule has 0 atom stereocenters. The van der Waals surface area contributed by atoms with Crippen molar-refractivity contribution >= 4 is 17.6 Å². The minimum absolute atomic E-state index is 0.105. The van der Waals surface area contributed by atoms with Gasteiger partial charge in [0.25, 0.3) is 5.91 Å². The van der Waals surface area contributed by atoms with Crippen LogP contribution in [0.4, 0.5) is 5.69 Å². The monoisotopic (exact) mass is 306 g/mol. The molecule has 0 bridgehead atoms. The van der Waals surface area contributed by atoms with Crippen LogP contribution < -0.4 is 10.6 Å². The quantitative estimate of drug-likeness (QED) is 0.626. The van der Waals surface area contributed by atoms with Gasteiger partial charge in [-0.05, 0) is 46.2 Å². The maximum Gasteiger partial charge on any atom is 0.305 e. The van der Waals surface area contributed by atoms with E-state index in [4.69, 9.17) is 0 Å². The number of carbonyl (C=O) groups is 2. The van der Waals surface area contributed by atoms with Crippen molar-refractivity contribution in [1.29, 1.82) is 0 Å². The highest BCUT2D eigenvalue weighted by molar-refractivity contribution is 6.00. The summed E-state index contributed by atoms with van der Waals surface area (Å²) >= 11 is 0. The number of ether oxygens (including phenoxy) is 1. The first-order valence-corrected chi connectivity index (χ1v) is 7.47. The van der Waals surface area contributed by atoms with Crippen LogP contribution in [-0.4, -0.2) is 31.1 Å². The molecule has 0 saturated carbocycles. The van der Waals surface area contributed by atoms with E-state index >= 15 is 0 Å². The van der Waals surface area contributed by atoms with Crippen LogP contribution in [-0.2, 0) is 9.53 Å². The molecule has 0 saturated heterocycles. The zero-order valence-electron chi connectivity index (χ0n) is 14.1. The van der Waals surface area contributed by atoms with Crippen molar-refractivity contribution in [3.05, 3.63) is 29.3 Å². The Morgan fingerprint density at radius 3 is 2.50 bits per heavy atom. The summed E-state index contributed by atoms with van der Waals surface area (Å²) < 4.78 is 4.60. The summed E-state index contributed by atoms with van der Waals surface area (Å²) in [6.45, 7) is 8.40. The molecule has 22 heavy (non-hydrogen) atoms. The van der Waals surface area contributed by atoms with Crippen LogP contribution in [0.1, 0.15) is 49.5 Å². The molecule has 5 heteroatoms. The number of hydrogen-bond acceptors (Lipinski definition) is 4. The average molecular weight is 306 g/mol. The molecule has 0 aliphatic carbocycles. The fourth-order valence-corrected chi connectivity index (χ4v) is 1.97. The number of methoxy groups -OCH3 is 1. The Morgan fingerprint density at radius 1 is 1.23 bits per heavy atom. The molecule has 1 rings (SSSR count). The third kappa shape index (κ3) is 6.16. The summed E-state index contributed by atoms with van der Waals surface area (Å²) in [7, 11) is 1.38. The molecule has 0 spiro atoms. The summed E-state index contributed by atoms with van der Waals surface area (Å²) in [6.07, 6.45) is 1.01. The van der Waals surface area contributed by atoms with Crippen LogP contribution in [0.2, 0.25) is 0 Å². The number of anilines is 1. The molecular formula is C17H26N2O3. The Labute approximate surface area is 132 Å². The molecule has 0 aliphatic heterocycles. The van der Waals surface area contributed by atoms with E-state index in [1.54, 1.807) is 0 Å². The van der Waals surface area contributed by atoms with Crippen molar-refractivity contribution in [2.45, 2.75) is 46.1 Å². The minimum Gasteiger partial charge on any atom is -0.469 e. The van der Waals surface area contributed by atoms with Crippen molar-refractivity contribution in [1.82, 2.24) is 5.32 Å². The second-order valence-electron chi connectivity index (χ2n) is 6.36. The number of benzene rings is 1. The van der Waals surface area contributed by atoms with Gasteiger partial charge >= 0.3 is 5.97 Å². The van der Waals surface area contributed by atoms with Crippen LogP contribution in [0, 0.1) is 6.92 Å². The summed E-state index contributed by atoms with van der Waals surface area (Å²) in [5.74, 6) is -0.330. The van der Waals surface area contributed by atoms with Gasteiger partial charge in [-0.25, -0.2) is 0 Å². The van der Waals surface area contributed by atoms with E-state index < -0.39 is 0 Å².